The van der Waals surface area contributed by atoms with Gasteiger partial charge in [-0.3, -0.25) is 0 Å². The van der Waals surface area contributed by atoms with Gasteiger partial charge in [-0.25, -0.2) is 0 Å². The highest BCUT2D eigenvalue weighted by atomic mass is 35.8. The lowest BCUT2D eigenvalue weighted by atomic mass is 10.4. The van der Waals surface area contributed by atoms with Crippen LogP contribution in [0.1, 0.15) is 0 Å². The van der Waals surface area contributed by atoms with Crippen molar-refractivity contribution in [1.82, 2.24) is 0 Å². The summed E-state index contributed by atoms with van der Waals surface area (Å²) in [5.74, 6) is 0. The molecule has 0 aliphatic heterocycles. The summed E-state index contributed by atoms with van der Waals surface area (Å²) in [6, 6.07) is 4.48. The summed E-state index contributed by atoms with van der Waals surface area (Å²) in [7, 11) is 0. The van der Waals surface area contributed by atoms with E-state index in [1.807, 2.05) is 43.4 Å². The number of hydrogen-bond acceptors (Lipinski definition) is 0. The molecule has 0 aliphatic rings. The number of hydrogen-bond donors (Lipinski definition) is 0. The zero-order chi connectivity index (χ0) is 16.6. The first-order valence-corrected chi connectivity index (χ1v) is 20.8. The number of halogens is 8. The Balaban J connectivity index is 0. The molecule has 0 fully saturated rings. The molecule has 0 radical (unpaired) electrons. The molecule has 1 aromatic rings. The van der Waals surface area contributed by atoms with Crippen LogP contribution in [0.5, 0.6) is 0 Å². The van der Waals surface area contributed by atoms with Crippen molar-refractivity contribution >= 4 is 113 Å². The van der Waals surface area contributed by atoms with Crippen LogP contribution in [0.15, 0.2) is 30.3 Å². The average Bonchev–Trinajstić information content (AvgIpc) is 2.12. The lowest BCUT2D eigenvalue weighted by molar-refractivity contribution is 1.77. The maximum atomic E-state index is 5.73. The van der Waals surface area contributed by atoms with Crippen LogP contribution in [0.25, 0.3) is 0 Å². The van der Waals surface area contributed by atoms with Crippen LogP contribution >= 0.6 is 88.6 Å². The Labute approximate surface area is 161 Å². The second kappa shape index (κ2) is 10.9. The molecule has 0 spiro atoms. The molecule has 20 heavy (non-hydrogen) atoms. The largest absolute Gasteiger partial charge is 0.372 e. The van der Waals surface area contributed by atoms with Crippen LogP contribution in [-0.2, 0) is 0 Å². The van der Waals surface area contributed by atoms with Gasteiger partial charge in [0.1, 0.15) is 0 Å². The third kappa shape index (κ3) is 28.4. The Morgan fingerprint density at radius 3 is 1.05 bits per heavy atom. The highest BCUT2D eigenvalue weighted by molar-refractivity contribution is 7.69. The molecule has 1 aromatic carbocycles. The van der Waals surface area contributed by atoms with Gasteiger partial charge in [0.25, 0.3) is 0 Å². The molecule has 0 saturated heterocycles. The maximum Gasteiger partial charge on any atom is 0.372 e. The minimum absolute atomic E-state index is 0.833. The number of benzene rings is 1. The summed E-state index contributed by atoms with van der Waals surface area (Å²) < 4.78 is 0. The Bertz CT molecular complexity index is 330. The Morgan fingerprint density at radius 1 is 0.650 bits per heavy atom. The zero-order valence-electron chi connectivity index (χ0n) is 10.9. The van der Waals surface area contributed by atoms with E-state index in [0.717, 1.165) is 5.19 Å². The van der Waals surface area contributed by atoms with E-state index >= 15 is 0 Å². The molecule has 1 rings (SSSR count). The average molecular weight is 490 g/mol. The van der Waals surface area contributed by atoms with Crippen molar-refractivity contribution in [1.29, 1.82) is 0 Å². The molecule has 0 heterocycles. The molecule has 0 unspecified atom stereocenters. The van der Waals surface area contributed by atoms with Gasteiger partial charge in [-0.15, -0.1) is 88.6 Å². The van der Waals surface area contributed by atoms with Crippen LogP contribution in [-0.4, -0.2) is 18.7 Å². The molecule has 0 atom stereocenters. The van der Waals surface area contributed by atoms with Crippen molar-refractivity contribution in [3.63, 3.8) is 0 Å². The molecule has 0 aromatic heterocycles. The zero-order valence-corrected chi connectivity index (χ0v) is 20.0. The molecule has 118 valence electrons. The molecule has 0 N–H and O–H groups in total. The fourth-order valence-electron chi connectivity index (χ4n) is 0.627. The van der Waals surface area contributed by atoms with Crippen LogP contribution < -0.4 is 5.19 Å². The molecule has 0 nitrogen and oxygen atoms in total. The highest BCUT2D eigenvalue weighted by Gasteiger charge is 2.27. The fraction of sp³-hybridized carbons (Fsp3) is 0.333. The SMILES string of the molecule is C[Si](C)(Cl)Cl.C[Si](Cl)(Cl)Cl.Cl[Si](Cl)(Cl)c1ccccc1. The van der Waals surface area contributed by atoms with Crippen molar-refractivity contribution in [2.24, 2.45) is 0 Å². The van der Waals surface area contributed by atoms with Gasteiger partial charge >= 0.3 is 12.0 Å². The first-order valence-electron chi connectivity index (χ1n) is 5.17. The van der Waals surface area contributed by atoms with E-state index in [9.17, 15) is 0 Å². The normalized spacial score (nSPS) is 11.8. The van der Waals surface area contributed by atoms with Gasteiger partial charge in [-0.1, -0.05) is 30.3 Å². The van der Waals surface area contributed by atoms with Crippen LogP contribution in [0, 0.1) is 0 Å². The van der Waals surface area contributed by atoms with E-state index in [1.165, 1.54) is 0 Å². The standard InChI is InChI=1S/C6H5Cl3Si.C2H6Cl2Si.CH3Cl3Si/c7-10(8,9)6-4-2-1-3-5-6;2*1-5(2,3)4/h1-5H;1-2H3;1H3. The first-order chi connectivity index (χ1) is 8.61. The van der Waals surface area contributed by atoms with Gasteiger partial charge in [0.15, 0.2) is 0 Å². The van der Waals surface area contributed by atoms with Gasteiger partial charge in [-0.05, 0) is 24.8 Å². The third-order valence-electron chi connectivity index (χ3n) is 1.10. The summed E-state index contributed by atoms with van der Waals surface area (Å²) in [5.41, 5.74) is 0. The fourth-order valence-corrected chi connectivity index (χ4v) is 2.33. The maximum absolute atomic E-state index is 5.73. The van der Waals surface area contributed by atoms with Crippen LogP contribution in [0.4, 0.5) is 0 Å². The van der Waals surface area contributed by atoms with Gasteiger partial charge in [-0.2, -0.15) is 0 Å². The summed E-state index contributed by atoms with van der Waals surface area (Å²) >= 11 is 43.7. The van der Waals surface area contributed by atoms with Gasteiger partial charge in [0.2, 0.25) is 6.69 Å². The summed E-state index contributed by atoms with van der Waals surface area (Å²) in [4.78, 5) is 0. The molecule has 0 aliphatic carbocycles. The predicted molar refractivity (Wildman–Crippen MR) is 108 cm³/mol. The topological polar surface area (TPSA) is 0 Å². The van der Waals surface area contributed by atoms with Crippen LogP contribution in [0.3, 0.4) is 0 Å². The number of rotatable bonds is 1. The minimum Gasteiger partial charge on any atom is -0.146 e. The smallest absolute Gasteiger partial charge is 0.146 e. The lowest BCUT2D eigenvalue weighted by Gasteiger charge is -2.05. The molecule has 0 saturated carbocycles. The second-order valence-electron chi connectivity index (χ2n) is 3.97. The highest BCUT2D eigenvalue weighted by Crippen LogP contribution is 2.18. The monoisotopic (exact) mass is 486 g/mol. The molecule has 0 amide bonds. The molecular formula is C9H14Cl8Si3. The van der Waals surface area contributed by atoms with Crippen molar-refractivity contribution in [2.45, 2.75) is 19.6 Å². The summed E-state index contributed by atoms with van der Waals surface area (Å²) in [6.45, 7) is 3.67. The van der Waals surface area contributed by atoms with Gasteiger partial charge in [0, 0.05) is 0 Å². The van der Waals surface area contributed by atoms with Crippen LogP contribution in [0.2, 0.25) is 19.6 Å². The first kappa shape index (κ1) is 24.4. The Hall–Kier alpha value is 2.19. The van der Waals surface area contributed by atoms with Crippen molar-refractivity contribution in [3.8, 4) is 0 Å². The minimum atomic E-state index is -2.62. The second-order valence-corrected chi connectivity index (χ2v) is 31.4. The van der Waals surface area contributed by atoms with Gasteiger partial charge < -0.3 is 0 Å². The van der Waals surface area contributed by atoms with E-state index in [1.54, 1.807) is 6.55 Å². The van der Waals surface area contributed by atoms with E-state index in [2.05, 4.69) is 0 Å². The molecular weight excluding hydrogens is 476 g/mol. The quantitative estimate of drug-likeness (QED) is 0.294. The van der Waals surface area contributed by atoms with Crippen molar-refractivity contribution in [3.05, 3.63) is 30.3 Å². The van der Waals surface area contributed by atoms with E-state index in [4.69, 9.17) is 88.6 Å². The third-order valence-corrected chi connectivity index (χ3v) is 4.05. The summed E-state index contributed by atoms with van der Waals surface area (Å²) in [5, 5.41) is 0.833. The van der Waals surface area contributed by atoms with Crippen molar-refractivity contribution in [2.75, 3.05) is 0 Å². The predicted octanol–water partition coefficient (Wildman–Crippen LogP) is 6.99. The van der Waals surface area contributed by atoms with E-state index in [-0.39, 0.29) is 0 Å². The Morgan fingerprint density at radius 2 is 0.900 bits per heavy atom. The Kier molecular flexibility index (Phi) is 13.3. The lowest BCUT2D eigenvalue weighted by Crippen LogP contribution is -2.29. The molecule has 0 bridgehead atoms. The van der Waals surface area contributed by atoms with E-state index < -0.39 is 18.7 Å². The molecule has 11 heteroatoms. The van der Waals surface area contributed by atoms with E-state index in [0.29, 0.717) is 0 Å². The summed E-state index contributed by atoms with van der Waals surface area (Å²) in [6.07, 6.45) is 0. The van der Waals surface area contributed by atoms with Gasteiger partial charge in [0.05, 0.1) is 0 Å². The van der Waals surface area contributed by atoms with Crippen molar-refractivity contribution < 1.29 is 0 Å².